The van der Waals surface area contributed by atoms with Crippen molar-refractivity contribution >= 4 is 34.2 Å². The van der Waals surface area contributed by atoms with Gasteiger partial charge >= 0.3 is 5.97 Å². The Bertz CT molecular complexity index is 1590. The molecule has 5 rings (SSSR count). The monoisotopic (exact) mass is 582 g/mol. The molecule has 2 N–H and O–H groups in total. The molecule has 4 aromatic rings. The van der Waals surface area contributed by atoms with Gasteiger partial charge in [-0.1, -0.05) is 50.2 Å². The summed E-state index contributed by atoms with van der Waals surface area (Å²) in [7, 11) is 1.33. The van der Waals surface area contributed by atoms with Gasteiger partial charge in [-0.25, -0.2) is 9.79 Å². The Balaban J connectivity index is 1.36. The molecule has 1 aliphatic rings. The Labute approximate surface area is 251 Å². The number of nitrogens with one attached hydrogen (secondary N) is 1. The highest BCUT2D eigenvalue weighted by molar-refractivity contribution is 6.22. The number of carbonyl (C=O) groups excluding carboxylic acids is 2. The average molecular weight is 583 g/mol. The number of hydrogen-bond acceptors (Lipinski definition) is 7. The van der Waals surface area contributed by atoms with Gasteiger partial charge in [0.05, 0.1) is 42.3 Å². The standard InChI is InChI=1S/C34H38N4O5/c1-4-37(5-2)19-20-43-27-17-18-38(22-27)33(40)24-11-14-26(15-12-24)35-31(23-9-7-6-8-10-23)30-28-16-13-25(34(41)42-3)21-29(28)36-32(30)39/h6-16,21,27,36,39H,4-5,17-20,22H2,1-3H3. The molecule has 1 unspecified atom stereocenters. The molecule has 9 nitrogen and oxygen atoms in total. The van der Waals surface area contributed by atoms with Crippen LogP contribution < -0.4 is 0 Å². The number of likely N-dealkylation sites (N-methyl/N-ethyl adjacent to an activating group) is 1. The fraction of sp³-hybridized carbons (Fsp3) is 0.324. The maximum atomic E-state index is 13.3. The summed E-state index contributed by atoms with van der Waals surface area (Å²) in [5.74, 6) is -0.546. The number of amides is 1. The van der Waals surface area contributed by atoms with Crippen LogP contribution in [0, 0.1) is 0 Å². The van der Waals surface area contributed by atoms with E-state index in [2.05, 4.69) is 23.7 Å². The lowest BCUT2D eigenvalue weighted by atomic mass is 10.00. The second-order valence-electron chi connectivity index (χ2n) is 10.5. The Hall–Kier alpha value is -4.47. The first-order valence-corrected chi connectivity index (χ1v) is 14.7. The maximum Gasteiger partial charge on any atom is 0.337 e. The van der Waals surface area contributed by atoms with Crippen molar-refractivity contribution < 1.29 is 24.2 Å². The number of aromatic nitrogens is 1. The molecule has 0 saturated carbocycles. The molecule has 1 aliphatic heterocycles. The SMILES string of the molecule is CCN(CC)CCOC1CCN(C(=O)c2ccc(N=C(c3ccccc3)c3c(O)[nH]c4cc(C(=O)OC)ccc34)cc2)C1. The van der Waals surface area contributed by atoms with Crippen molar-refractivity contribution in [1.82, 2.24) is 14.8 Å². The van der Waals surface area contributed by atoms with E-state index >= 15 is 0 Å². The van der Waals surface area contributed by atoms with Gasteiger partial charge in [-0.2, -0.15) is 0 Å². The Kier molecular flexibility index (Phi) is 9.54. The van der Waals surface area contributed by atoms with Gasteiger partial charge in [0.2, 0.25) is 0 Å². The molecule has 1 fully saturated rings. The van der Waals surface area contributed by atoms with Crippen molar-refractivity contribution in [3.63, 3.8) is 0 Å². The normalized spacial score (nSPS) is 15.4. The van der Waals surface area contributed by atoms with E-state index in [4.69, 9.17) is 14.5 Å². The van der Waals surface area contributed by atoms with E-state index in [-0.39, 0.29) is 17.9 Å². The van der Waals surface area contributed by atoms with Crippen LogP contribution in [0.2, 0.25) is 0 Å². The number of likely N-dealkylation sites (tertiary alicyclic amines) is 1. The Morgan fingerprint density at radius 1 is 1.00 bits per heavy atom. The summed E-state index contributed by atoms with van der Waals surface area (Å²) in [5.41, 5.74) is 4.06. The van der Waals surface area contributed by atoms with Crippen LogP contribution in [0.3, 0.4) is 0 Å². The number of aliphatic imine (C=N–C) groups is 1. The van der Waals surface area contributed by atoms with Crippen molar-refractivity contribution in [3.8, 4) is 5.88 Å². The lowest BCUT2D eigenvalue weighted by Crippen LogP contribution is -2.32. The zero-order valence-electron chi connectivity index (χ0n) is 24.9. The molecular formula is C34H38N4O5. The highest BCUT2D eigenvalue weighted by Crippen LogP contribution is 2.32. The van der Waals surface area contributed by atoms with Crippen LogP contribution in [0.1, 0.15) is 52.1 Å². The smallest absolute Gasteiger partial charge is 0.337 e. The van der Waals surface area contributed by atoms with Crippen molar-refractivity contribution in [1.29, 1.82) is 0 Å². The van der Waals surface area contributed by atoms with Crippen molar-refractivity contribution in [2.75, 3.05) is 46.4 Å². The van der Waals surface area contributed by atoms with Gasteiger partial charge in [0.15, 0.2) is 5.88 Å². The number of esters is 1. The van der Waals surface area contributed by atoms with Crippen LogP contribution >= 0.6 is 0 Å². The minimum absolute atomic E-state index is 0.0238. The molecule has 2 heterocycles. The molecule has 1 atom stereocenters. The van der Waals surface area contributed by atoms with Crippen molar-refractivity contribution in [2.24, 2.45) is 4.99 Å². The van der Waals surface area contributed by atoms with E-state index in [9.17, 15) is 14.7 Å². The molecule has 0 bridgehead atoms. The maximum absolute atomic E-state index is 13.3. The summed E-state index contributed by atoms with van der Waals surface area (Å²) in [5, 5.41) is 11.7. The number of carbonyl (C=O) groups is 2. The number of aromatic hydroxyl groups is 1. The molecule has 0 aliphatic carbocycles. The van der Waals surface area contributed by atoms with Gasteiger partial charge in [-0.05, 0) is 55.9 Å². The molecule has 224 valence electrons. The highest BCUT2D eigenvalue weighted by Gasteiger charge is 2.27. The molecule has 1 amide bonds. The number of benzene rings is 3. The van der Waals surface area contributed by atoms with Gasteiger partial charge in [0.25, 0.3) is 5.91 Å². The fourth-order valence-electron chi connectivity index (χ4n) is 5.46. The molecule has 1 aromatic heterocycles. The number of aromatic amines is 1. The van der Waals surface area contributed by atoms with E-state index in [0.29, 0.717) is 58.7 Å². The number of H-pyrrole nitrogens is 1. The summed E-state index contributed by atoms with van der Waals surface area (Å²) in [6.07, 6.45) is 0.895. The number of rotatable bonds is 11. The van der Waals surface area contributed by atoms with E-state index in [1.807, 2.05) is 47.4 Å². The third-order valence-electron chi connectivity index (χ3n) is 7.93. The minimum atomic E-state index is -0.462. The molecule has 0 radical (unpaired) electrons. The highest BCUT2D eigenvalue weighted by atomic mass is 16.5. The first-order valence-electron chi connectivity index (χ1n) is 14.7. The number of ether oxygens (including phenoxy) is 2. The summed E-state index contributed by atoms with van der Waals surface area (Å²) in [6.45, 7) is 9.13. The van der Waals surface area contributed by atoms with Crippen LogP contribution in [0.5, 0.6) is 5.88 Å². The second kappa shape index (κ2) is 13.7. The molecule has 0 spiro atoms. The number of methoxy groups -OCH3 is 1. The van der Waals surface area contributed by atoms with Crippen LogP contribution in [-0.2, 0) is 9.47 Å². The predicted octanol–water partition coefficient (Wildman–Crippen LogP) is 5.40. The first kappa shape index (κ1) is 30.0. The summed E-state index contributed by atoms with van der Waals surface area (Å²) >= 11 is 0. The van der Waals surface area contributed by atoms with Gasteiger partial charge in [0, 0.05) is 41.7 Å². The Morgan fingerprint density at radius 3 is 2.42 bits per heavy atom. The minimum Gasteiger partial charge on any atom is -0.494 e. The summed E-state index contributed by atoms with van der Waals surface area (Å²) < 4.78 is 10.9. The molecule has 9 heteroatoms. The van der Waals surface area contributed by atoms with E-state index in [1.165, 1.54) is 7.11 Å². The molecule has 1 saturated heterocycles. The Morgan fingerprint density at radius 2 is 1.72 bits per heavy atom. The number of hydrogen-bond donors (Lipinski definition) is 2. The topological polar surface area (TPSA) is 107 Å². The first-order chi connectivity index (χ1) is 20.9. The van der Waals surface area contributed by atoms with E-state index in [1.54, 1.807) is 30.3 Å². The zero-order valence-corrected chi connectivity index (χ0v) is 24.9. The second-order valence-corrected chi connectivity index (χ2v) is 10.5. The molecular weight excluding hydrogens is 544 g/mol. The van der Waals surface area contributed by atoms with Crippen LogP contribution in [0.25, 0.3) is 10.9 Å². The average Bonchev–Trinajstić information content (AvgIpc) is 3.65. The molecule has 43 heavy (non-hydrogen) atoms. The van der Waals surface area contributed by atoms with Crippen LogP contribution in [0.4, 0.5) is 5.69 Å². The van der Waals surface area contributed by atoms with Gasteiger partial charge in [-0.15, -0.1) is 0 Å². The lowest BCUT2D eigenvalue weighted by molar-refractivity contribution is 0.0420. The van der Waals surface area contributed by atoms with Crippen LogP contribution in [-0.4, -0.2) is 90.0 Å². The van der Waals surface area contributed by atoms with E-state index in [0.717, 1.165) is 31.6 Å². The molecule has 3 aromatic carbocycles. The third kappa shape index (κ3) is 6.79. The van der Waals surface area contributed by atoms with Gasteiger partial charge < -0.3 is 29.4 Å². The quantitative estimate of drug-likeness (QED) is 0.181. The zero-order chi connectivity index (χ0) is 30.3. The number of nitrogens with zero attached hydrogens (tertiary/aromatic N) is 3. The van der Waals surface area contributed by atoms with Crippen LogP contribution in [0.15, 0.2) is 77.8 Å². The summed E-state index contributed by atoms with van der Waals surface area (Å²) in [4.78, 5) is 37.4. The van der Waals surface area contributed by atoms with E-state index < -0.39 is 5.97 Å². The van der Waals surface area contributed by atoms with Crippen molar-refractivity contribution in [2.45, 2.75) is 26.4 Å². The largest absolute Gasteiger partial charge is 0.494 e. The van der Waals surface area contributed by atoms with Gasteiger partial charge in [0.1, 0.15) is 0 Å². The van der Waals surface area contributed by atoms with Crippen molar-refractivity contribution in [3.05, 3.63) is 95.1 Å². The predicted molar refractivity (Wildman–Crippen MR) is 168 cm³/mol. The van der Waals surface area contributed by atoms with Gasteiger partial charge in [-0.3, -0.25) is 4.79 Å². The lowest BCUT2D eigenvalue weighted by Gasteiger charge is -2.20. The fourth-order valence-corrected chi connectivity index (χ4v) is 5.46. The summed E-state index contributed by atoms with van der Waals surface area (Å²) in [6, 6.07) is 21.8. The third-order valence-corrected chi connectivity index (χ3v) is 7.93. The number of fused-ring (bicyclic) bond motifs is 1.